The van der Waals surface area contributed by atoms with Crippen molar-refractivity contribution < 1.29 is 4.39 Å². The van der Waals surface area contributed by atoms with Gasteiger partial charge in [-0.3, -0.25) is 4.98 Å². The van der Waals surface area contributed by atoms with E-state index in [0.717, 1.165) is 17.9 Å². The van der Waals surface area contributed by atoms with Gasteiger partial charge in [0.1, 0.15) is 5.82 Å². The Morgan fingerprint density at radius 2 is 2.12 bits per heavy atom. The molecule has 0 unspecified atom stereocenters. The molecule has 1 aromatic heterocycles. The largest absolute Gasteiger partial charge is 0.399 e. The summed E-state index contributed by atoms with van der Waals surface area (Å²) in [6.45, 7) is 0. The minimum atomic E-state index is -0.254. The number of anilines is 1. The van der Waals surface area contributed by atoms with Gasteiger partial charge in [0.25, 0.3) is 0 Å². The highest BCUT2D eigenvalue weighted by atomic mass is 32.2. The molecule has 2 nitrogen and oxygen atoms in total. The first-order valence-corrected chi connectivity index (χ1v) is 6.32. The molecule has 0 saturated heterocycles. The molecule has 4 heteroatoms. The molecule has 1 heterocycles. The normalized spacial score (nSPS) is 10.4. The SMILES string of the molecule is Nc1ccc(SCCc2ccccn2)c(F)c1. The Morgan fingerprint density at radius 3 is 2.82 bits per heavy atom. The number of hydrogen-bond acceptors (Lipinski definition) is 3. The second-order valence-corrected chi connectivity index (χ2v) is 4.75. The van der Waals surface area contributed by atoms with Crippen molar-refractivity contribution in [2.45, 2.75) is 11.3 Å². The third kappa shape index (κ3) is 3.46. The molecule has 0 spiro atoms. The molecule has 0 aliphatic rings. The molecule has 0 saturated carbocycles. The quantitative estimate of drug-likeness (QED) is 0.667. The van der Waals surface area contributed by atoms with Crippen LogP contribution < -0.4 is 5.73 Å². The molecule has 2 N–H and O–H groups in total. The highest BCUT2D eigenvalue weighted by Gasteiger charge is 2.03. The first kappa shape index (κ1) is 11.9. The second kappa shape index (κ2) is 5.68. The summed E-state index contributed by atoms with van der Waals surface area (Å²) in [7, 11) is 0. The Kier molecular flexibility index (Phi) is 3.98. The zero-order chi connectivity index (χ0) is 12.1. The third-order valence-corrected chi connectivity index (χ3v) is 3.35. The Morgan fingerprint density at radius 1 is 1.24 bits per heavy atom. The lowest BCUT2D eigenvalue weighted by atomic mass is 10.3. The second-order valence-electron chi connectivity index (χ2n) is 3.61. The smallest absolute Gasteiger partial charge is 0.138 e. The van der Waals surface area contributed by atoms with Gasteiger partial charge < -0.3 is 5.73 Å². The molecule has 2 rings (SSSR count). The first-order chi connectivity index (χ1) is 8.25. The number of nitrogen functional groups attached to an aromatic ring is 1. The monoisotopic (exact) mass is 248 g/mol. The standard InChI is InChI=1S/C13H13FN2S/c14-12-9-10(15)4-5-13(12)17-8-6-11-3-1-2-7-16-11/h1-5,7,9H,6,8,15H2. The Hall–Kier alpha value is -1.55. The number of benzene rings is 1. The molecule has 17 heavy (non-hydrogen) atoms. The number of nitrogens with zero attached hydrogens (tertiary/aromatic N) is 1. The highest BCUT2D eigenvalue weighted by Crippen LogP contribution is 2.23. The van der Waals surface area contributed by atoms with Gasteiger partial charge in [-0.1, -0.05) is 6.07 Å². The van der Waals surface area contributed by atoms with Crippen molar-refractivity contribution in [2.24, 2.45) is 0 Å². The Bertz CT molecular complexity index is 488. The van der Waals surface area contributed by atoms with Gasteiger partial charge in [-0.05, 0) is 36.8 Å². The summed E-state index contributed by atoms with van der Waals surface area (Å²) >= 11 is 1.48. The minimum Gasteiger partial charge on any atom is -0.399 e. The van der Waals surface area contributed by atoms with E-state index in [1.165, 1.54) is 17.8 Å². The Labute approximate surface area is 104 Å². The van der Waals surface area contributed by atoms with Crippen LogP contribution >= 0.6 is 11.8 Å². The molecular weight excluding hydrogens is 235 g/mol. The molecule has 0 bridgehead atoms. The number of rotatable bonds is 4. The maximum atomic E-state index is 13.5. The van der Waals surface area contributed by atoms with Gasteiger partial charge in [0.15, 0.2) is 0 Å². The topological polar surface area (TPSA) is 38.9 Å². The third-order valence-electron chi connectivity index (χ3n) is 2.30. The van der Waals surface area contributed by atoms with Crippen LogP contribution in [0.3, 0.4) is 0 Å². The number of aromatic nitrogens is 1. The zero-order valence-corrected chi connectivity index (χ0v) is 10.1. The summed E-state index contributed by atoms with van der Waals surface area (Å²) < 4.78 is 13.5. The number of aryl methyl sites for hydroxylation is 1. The Balaban J connectivity index is 1.90. The van der Waals surface area contributed by atoms with E-state index in [-0.39, 0.29) is 5.82 Å². The van der Waals surface area contributed by atoms with Gasteiger partial charge in [-0.2, -0.15) is 0 Å². The van der Waals surface area contributed by atoms with Crippen molar-refractivity contribution in [2.75, 3.05) is 11.5 Å². The molecule has 0 aliphatic carbocycles. The van der Waals surface area contributed by atoms with E-state index in [1.54, 1.807) is 18.3 Å². The fraction of sp³-hybridized carbons (Fsp3) is 0.154. The van der Waals surface area contributed by atoms with Crippen LogP contribution in [-0.2, 0) is 6.42 Å². The summed E-state index contributed by atoms with van der Waals surface area (Å²) in [5, 5.41) is 0. The number of pyridine rings is 1. The molecule has 1 aromatic carbocycles. The van der Waals surface area contributed by atoms with Gasteiger partial charge in [-0.15, -0.1) is 11.8 Å². The molecule has 0 atom stereocenters. The predicted molar refractivity (Wildman–Crippen MR) is 69.5 cm³/mol. The van der Waals surface area contributed by atoms with E-state index in [4.69, 9.17) is 5.73 Å². The van der Waals surface area contributed by atoms with Crippen molar-refractivity contribution in [3.05, 3.63) is 54.1 Å². The van der Waals surface area contributed by atoms with Crippen LogP contribution in [0.4, 0.5) is 10.1 Å². The number of halogens is 1. The highest BCUT2D eigenvalue weighted by molar-refractivity contribution is 7.99. The lowest BCUT2D eigenvalue weighted by Crippen LogP contribution is -1.93. The molecule has 88 valence electrons. The van der Waals surface area contributed by atoms with Gasteiger partial charge in [0.05, 0.1) is 0 Å². The van der Waals surface area contributed by atoms with E-state index in [9.17, 15) is 4.39 Å². The minimum absolute atomic E-state index is 0.254. The van der Waals surface area contributed by atoms with Crippen LogP contribution in [-0.4, -0.2) is 10.7 Å². The van der Waals surface area contributed by atoms with E-state index in [0.29, 0.717) is 10.6 Å². The van der Waals surface area contributed by atoms with Crippen LogP contribution in [0.5, 0.6) is 0 Å². The van der Waals surface area contributed by atoms with Crippen molar-refractivity contribution in [1.82, 2.24) is 4.98 Å². The van der Waals surface area contributed by atoms with E-state index >= 15 is 0 Å². The fourth-order valence-corrected chi connectivity index (χ4v) is 2.34. The van der Waals surface area contributed by atoms with E-state index in [1.807, 2.05) is 18.2 Å². The predicted octanol–water partition coefficient (Wildman–Crippen LogP) is 3.14. The summed E-state index contributed by atoms with van der Waals surface area (Å²) in [6, 6.07) is 10.6. The van der Waals surface area contributed by atoms with Crippen LogP contribution in [0.15, 0.2) is 47.5 Å². The maximum Gasteiger partial charge on any atom is 0.138 e. The van der Waals surface area contributed by atoms with Crippen LogP contribution in [0.25, 0.3) is 0 Å². The van der Waals surface area contributed by atoms with Crippen molar-refractivity contribution in [3.63, 3.8) is 0 Å². The van der Waals surface area contributed by atoms with E-state index < -0.39 is 0 Å². The molecule has 0 amide bonds. The van der Waals surface area contributed by atoms with Gasteiger partial charge >= 0.3 is 0 Å². The molecule has 0 radical (unpaired) electrons. The first-order valence-electron chi connectivity index (χ1n) is 5.33. The van der Waals surface area contributed by atoms with Crippen LogP contribution in [0.1, 0.15) is 5.69 Å². The average Bonchev–Trinajstić information content (AvgIpc) is 2.33. The van der Waals surface area contributed by atoms with Crippen molar-refractivity contribution in [1.29, 1.82) is 0 Å². The van der Waals surface area contributed by atoms with Crippen molar-refractivity contribution >= 4 is 17.4 Å². The summed E-state index contributed by atoms with van der Waals surface area (Å²) in [5.41, 5.74) is 6.97. The molecular formula is C13H13FN2S. The summed E-state index contributed by atoms with van der Waals surface area (Å²) in [4.78, 5) is 4.85. The molecule has 0 fully saturated rings. The van der Waals surface area contributed by atoms with Gasteiger partial charge in [0, 0.05) is 28.2 Å². The van der Waals surface area contributed by atoms with Crippen LogP contribution in [0.2, 0.25) is 0 Å². The van der Waals surface area contributed by atoms with E-state index in [2.05, 4.69) is 4.98 Å². The summed E-state index contributed by atoms with van der Waals surface area (Å²) in [6.07, 6.45) is 2.60. The number of hydrogen-bond donors (Lipinski definition) is 1. The lowest BCUT2D eigenvalue weighted by molar-refractivity contribution is 0.602. The molecule has 0 aliphatic heterocycles. The average molecular weight is 248 g/mol. The fourth-order valence-electron chi connectivity index (χ4n) is 1.45. The summed E-state index contributed by atoms with van der Waals surface area (Å²) in [5.74, 6) is 0.550. The number of nitrogens with two attached hydrogens (primary N) is 1. The van der Waals surface area contributed by atoms with Gasteiger partial charge in [0.2, 0.25) is 0 Å². The maximum absolute atomic E-state index is 13.5. The zero-order valence-electron chi connectivity index (χ0n) is 9.27. The van der Waals surface area contributed by atoms with Crippen LogP contribution in [0, 0.1) is 5.82 Å². The van der Waals surface area contributed by atoms with Crippen molar-refractivity contribution in [3.8, 4) is 0 Å². The lowest BCUT2D eigenvalue weighted by Gasteiger charge is -2.03. The number of thioether (sulfide) groups is 1. The van der Waals surface area contributed by atoms with Gasteiger partial charge in [-0.25, -0.2) is 4.39 Å². The molecule has 2 aromatic rings.